The molecule has 6 nitrogen and oxygen atoms in total. The van der Waals surface area contributed by atoms with Crippen LogP contribution in [0.4, 0.5) is 10.1 Å². The number of aromatic nitrogens is 2. The maximum Gasteiger partial charge on any atom is 0.185 e. The minimum Gasteiger partial charge on any atom is -0.453 e. The minimum absolute atomic E-state index is 0.112. The van der Waals surface area contributed by atoms with E-state index in [0.717, 1.165) is 26.4 Å². The summed E-state index contributed by atoms with van der Waals surface area (Å²) in [5, 5.41) is 0. The Morgan fingerprint density at radius 1 is 1.03 bits per heavy atom. The smallest absolute Gasteiger partial charge is 0.185 e. The van der Waals surface area contributed by atoms with E-state index in [0.29, 0.717) is 24.7 Å². The van der Waals surface area contributed by atoms with Crippen LogP contribution < -0.4 is 10.5 Å². The number of ether oxygens (including phenoxy) is 3. The Balaban J connectivity index is 1.46. The second kappa shape index (κ2) is 7.40. The first-order valence-corrected chi connectivity index (χ1v) is 9.80. The van der Waals surface area contributed by atoms with E-state index < -0.39 is 5.82 Å². The number of thiophene rings is 1. The van der Waals surface area contributed by atoms with Crippen molar-refractivity contribution in [2.24, 2.45) is 0 Å². The third kappa shape index (κ3) is 3.53. The van der Waals surface area contributed by atoms with Gasteiger partial charge in [0.15, 0.2) is 17.9 Å². The van der Waals surface area contributed by atoms with Crippen LogP contribution in [0.5, 0.6) is 11.5 Å². The van der Waals surface area contributed by atoms with Gasteiger partial charge in [-0.15, -0.1) is 11.3 Å². The van der Waals surface area contributed by atoms with Crippen molar-refractivity contribution in [2.45, 2.75) is 6.29 Å². The summed E-state index contributed by atoms with van der Waals surface area (Å²) in [7, 11) is 0. The fraction of sp³-hybridized carbons (Fsp3) is 0.143. The molecule has 1 fully saturated rings. The molecule has 2 N–H and O–H groups in total. The molecule has 0 radical (unpaired) electrons. The summed E-state index contributed by atoms with van der Waals surface area (Å²) in [6.07, 6.45) is 3.04. The molecule has 5 rings (SSSR count). The molecule has 4 heterocycles. The molecule has 0 bridgehead atoms. The van der Waals surface area contributed by atoms with Gasteiger partial charge in [0.05, 0.1) is 34.0 Å². The Morgan fingerprint density at radius 2 is 1.90 bits per heavy atom. The van der Waals surface area contributed by atoms with Gasteiger partial charge in [0.2, 0.25) is 0 Å². The van der Waals surface area contributed by atoms with Gasteiger partial charge >= 0.3 is 0 Å². The number of hydrogen-bond donors (Lipinski definition) is 1. The topological polar surface area (TPSA) is 79.5 Å². The van der Waals surface area contributed by atoms with Gasteiger partial charge in [0.1, 0.15) is 5.75 Å². The van der Waals surface area contributed by atoms with E-state index in [1.807, 2.05) is 18.2 Å². The van der Waals surface area contributed by atoms with Crippen LogP contribution in [0.25, 0.3) is 20.8 Å². The Bertz CT molecular complexity index is 1170. The van der Waals surface area contributed by atoms with Crippen LogP contribution in [0, 0.1) is 5.82 Å². The molecule has 146 valence electrons. The zero-order valence-corrected chi connectivity index (χ0v) is 16.0. The van der Waals surface area contributed by atoms with Gasteiger partial charge in [0, 0.05) is 35.8 Å². The predicted octanol–water partition coefficient (Wildman–Crippen LogP) is 4.92. The van der Waals surface area contributed by atoms with Crippen molar-refractivity contribution in [3.8, 4) is 22.1 Å². The van der Waals surface area contributed by atoms with Gasteiger partial charge in [-0.1, -0.05) is 6.07 Å². The molecular formula is C21H16FN3O3S. The predicted molar refractivity (Wildman–Crippen MR) is 108 cm³/mol. The van der Waals surface area contributed by atoms with Crippen LogP contribution >= 0.6 is 11.3 Å². The molecule has 1 aliphatic heterocycles. The van der Waals surface area contributed by atoms with Gasteiger partial charge in [-0.25, -0.2) is 4.39 Å². The van der Waals surface area contributed by atoms with Crippen molar-refractivity contribution < 1.29 is 18.6 Å². The SMILES string of the molecule is Nc1ccc(Oc2ccnc3cc(-c4ccc(C5OCCO5)cn4)sc23)c(F)c1. The highest BCUT2D eigenvalue weighted by Crippen LogP contribution is 2.39. The van der Waals surface area contributed by atoms with E-state index in [1.54, 1.807) is 24.5 Å². The summed E-state index contributed by atoms with van der Waals surface area (Å²) in [6.45, 7) is 1.18. The molecular weight excluding hydrogens is 393 g/mol. The van der Waals surface area contributed by atoms with Crippen molar-refractivity contribution in [1.82, 2.24) is 9.97 Å². The molecule has 8 heteroatoms. The van der Waals surface area contributed by atoms with Gasteiger partial charge in [-0.2, -0.15) is 0 Å². The molecule has 1 saturated heterocycles. The van der Waals surface area contributed by atoms with Gasteiger partial charge in [0.25, 0.3) is 0 Å². The number of anilines is 1. The minimum atomic E-state index is -0.514. The number of nitrogens with zero attached hydrogens (tertiary/aromatic N) is 2. The fourth-order valence-electron chi connectivity index (χ4n) is 3.08. The molecule has 0 aliphatic carbocycles. The van der Waals surface area contributed by atoms with Crippen LogP contribution in [0.1, 0.15) is 11.9 Å². The number of hydrogen-bond acceptors (Lipinski definition) is 7. The van der Waals surface area contributed by atoms with E-state index in [4.69, 9.17) is 19.9 Å². The number of nitrogens with two attached hydrogens (primary N) is 1. The average molecular weight is 409 g/mol. The van der Waals surface area contributed by atoms with Crippen LogP contribution in [-0.2, 0) is 9.47 Å². The molecule has 29 heavy (non-hydrogen) atoms. The number of halogens is 1. The number of pyridine rings is 2. The summed E-state index contributed by atoms with van der Waals surface area (Å²) < 4.78 is 31.7. The maximum absolute atomic E-state index is 14.1. The molecule has 0 spiro atoms. The first kappa shape index (κ1) is 18.0. The fourth-order valence-corrected chi connectivity index (χ4v) is 4.12. The zero-order valence-electron chi connectivity index (χ0n) is 15.2. The lowest BCUT2D eigenvalue weighted by Gasteiger charge is -2.08. The lowest BCUT2D eigenvalue weighted by molar-refractivity contribution is -0.0443. The van der Waals surface area contributed by atoms with E-state index >= 15 is 0 Å². The van der Waals surface area contributed by atoms with Crippen molar-refractivity contribution in [3.63, 3.8) is 0 Å². The molecule has 0 atom stereocenters. The molecule has 1 aromatic carbocycles. The van der Waals surface area contributed by atoms with Crippen molar-refractivity contribution in [2.75, 3.05) is 18.9 Å². The van der Waals surface area contributed by atoms with E-state index in [9.17, 15) is 4.39 Å². The number of nitrogen functional groups attached to an aromatic ring is 1. The molecule has 0 amide bonds. The Kier molecular flexibility index (Phi) is 4.59. The monoisotopic (exact) mass is 409 g/mol. The maximum atomic E-state index is 14.1. The highest BCUT2D eigenvalue weighted by atomic mass is 32.1. The van der Waals surface area contributed by atoms with Crippen LogP contribution in [-0.4, -0.2) is 23.2 Å². The van der Waals surface area contributed by atoms with Crippen molar-refractivity contribution in [1.29, 1.82) is 0 Å². The quantitative estimate of drug-likeness (QED) is 0.482. The van der Waals surface area contributed by atoms with Crippen LogP contribution in [0.15, 0.2) is 54.9 Å². The van der Waals surface area contributed by atoms with Gasteiger partial charge < -0.3 is 19.9 Å². The highest BCUT2D eigenvalue weighted by molar-refractivity contribution is 7.22. The van der Waals surface area contributed by atoms with E-state index in [-0.39, 0.29) is 12.0 Å². The average Bonchev–Trinajstić information content (AvgIpc) is 3.40. The summed E-state index contributed by atoms with van der Waals surface area (Å²) in [6, 6.07) is 11.9. The molecule has 4 aromatic rings. The second-order valence-corrected chi connectivity index (χ2v) is 7.53. The van der Waals surface area contributed by atoms with E-state index in [2.05, 4.69) is 9.97 Å². The first-order chi connectivity index (χ1) is 14.2. The summed E-state index contributed by atoms with van der Waals surface area (Å²) in [4.78, 5) is 9.86. The molecule has 3 aromatic heterocycles. The second-order valence-electron chi connectivity index (χ2n) is 6.48. The Labute approximate surface area is 169 Å². The number of fused-ring (bicyclic) bond motifs is 1. The van der Waals surface area contributed by atoms with Gasteiger partial charge in [-0.3, -0.25) is 9.97 Å². The number of rotatable bonds is 4. The third-order valence-electron chi connectivity index (χ3n) is 4.48. The molecule has 1 aliphatic rings. The normalized spacial score (nSPS) is 14.5. The third-order valence-corrected chi connectivity index (χ3v) is 5.65. The Hall–Kier alpha value is -3.07. The molecule has 0 unspecified atom stereocenters. The van der Waals surface area contributed by atoms with E-state index in [1.165, 1.54) is 23.5 Å². The lowest BCUT2D eigenvalue weighted by atomic mass is 10.2. The van der Waals surface area contributed by atoms with Crippen molar-refractivity contribution in [3.05, 3.63) is 66.2 Å². The number of benzene rings is 1. The summed E-state index contributed by atoms with van der Waals surface area (Å²) in [5.74, 6) is 0.125. The largest absolute Gasteiger partial charge is 0.453 e. The summed E-state index contributed by atoms with van der Waals surface area (Å²) in [5.41, 5.74) is 8.39. The van der Waals surface area contributed by atoms with Crippen molar-refractivity contribution >= 4 is 27.2 Å². The zero-order chi connectivity index (χ0) is 19.8. The Morgan fingerprint density at radius 3 is 2.66 bits per heavy atom. The lowest BCUT2D eigenvalue weighted by Crippen LogP contribution is -1.98. The van der Waals surface area contributed by atoms with Crippen LogP contribution in [0.2, 0.25) is 0 Å². The van der Waals surface area contributed by atoms with Gasteiger partial charge in [-0.05, 0) is 24.3 Å². The first-order valence-electron chi connectivity index (χ1n) is 8.98. The highest BCUT2D eigenvalue weighted by Gasteiger charge is 2.19. The standard InChI is InChI=1S/C21H16FN3O3S/c22-14-9-13(23)2-4-17(14)28-18-5-6-24-16-10-19(29-20(16)18)15-3-1-12(11-25-15)21-26-7-8-27-21/h1-6,9-11,21H,7-8,23H2. The summed E-state index contributed by atoms with van der Waals surface area (Å²) >= 11 is 1.48. The van der Waals surface area contributed by atoms with Crippen LogP contribution in [0.3, 0.4) is 0 Å². The molecule has 0 saturated carbocycles.